The van der Waals surface area contributed by atoms with E-state index in [9.17, 15) is 0 Å². The van der Waals surface area contributed by atoms with Gasteiger partial charge in [-0.3, -0.25) is 0 Å². The van der Waals surface area contributed by atoms with E-state index in [1.165, 1.54) is 71.2 Å². The SMILES string of the molecule is c1ccc(-c2ccc(-c3nc(-c4ccccc4)nc(-c4cccc(-c5cccc6c(-c7ccc(-c8cccc9c8c8ccccc8n9-c8ccccc8)cc7)cc7ccccc7c56)c4)n3)cc2)cc1. The lowest BCUT2D eigenvalue weighted by Gasteiger charge is -2.16. The molecule has 0 aliphatic heterocycles. The molecular weight excluding hydrogens is 837 g/mol. The van der Waals surface area contributed by atoms with Crippen LogP contribution in [0.4, 0.5) is 0 Å². The molecule has 11 aromatic carbocycles. The van der Waals surface area contributed by atoms with Crippen LogP contribution < -0.4 is 0 Å². The van der Waals surface area contributed by atoms with Crippen molar-refractivity contribution in [2.24, 2.45) is 0 Å². The molecule has 0 amide bonds. The summed E-state index contributed by atoms with van der Waals surface area (Å²) in [4.78, 5) is 15.3. The van der Waals surface area contributed by atoms with Gasteiger partial charge >= 0.3 is 0 Å². The maximum absolute atomic E-state index is 5.15. The summed E-state index contributed by atoms with van der Waals surface area (Å²) in [6.07, 6.45) is 0. The first-order valence-corrected chi connectivity index (χ1v) is 23.4. The number of nitrogens with zero attached hydrogens (tertiary/aromatic N) is 4. The van der Waals surface area contributed by atoms with Crippen LogP contribution in [0.2, 0.25) is 0 Å². The minimum atomic E-state index is 0.624. The highest BCUT2D eigenvalue weighted by molar-refractivity contribution is 6.20. The third-order valence-electron chi connectivity index (χ3n) is 13.5. The van der Waals surface area contributed by atoms with Crippen molar-refractivity contribution in [2.75, 3.05) is 0 Å². The Morgan fingerprint density at radius 1 is 0.246 bits per heavy atom. The number of hydrogen-bond donors (Lipinski definition) is 0. The van der Waals surface area contributed by atoms with Crippen LogP contribution in [-0.4, -0.2) is 19.5 Å². The molecule has 0 aliphatic carbocycles. The fourth-order valence-corrected chi connectivity index (χ4v) is 10.2. The van der Waals surface area contributed by atoms with Gasteiger partial charge in [-0.2, -0.15) is 0 Å². The molecule has 0 radical (unpaired) electrons. The van der Waals surface area contributed by atoms with Gasteiger partial charge < -0.3 is 4.57 Å². The molecule has 0 saturated heterocycles. The van der Waals surface area contributed by atoms with Gasteiger partial charge in [-0.25, -0.2) is 15.0 Å². The van der Waals surface area contributed by atoms with E-state index in [0.29, 0.717) is 17.5 Å². The fraction of sp³-hybridized carbons (Fsp3) is 0. The number of para-hydroxylation sites is 2. The fourth-order valence-electron chi connectivity index (χ4n) is 10.2. The molecule has 4 heteroatoms. The maximum atomic E-state index is 5.15. The molecule has 0 N–H and O–H groups in total. The summed E-state index contributed by atoms with van der Waals surface area (Å²) in [6, 6.07) is 90.8. The van der Waals surface area contributed by atoms with Crippen molar-refractivity contribution in [2.45, 2.75) is 0 Å². The Kier molecular flexibility index (Phi) is 9.80. The highest BCUT2D eigenvalue weighted by Gasteiger charge is 2.19. The Labute approximate surface area is 400 Å². The van der Waals surface area contributed by atoms with Crippen LogP contribution in [0.15, 0.2) is 255 Å². The van der Waals surface area contributed by atoms with Gasteiger partial charge in [0.15, 0.2) is 17.5 Å². The second-order valence-electron chi connectivity index (χ2n) is 17.5. The third kappa shape index (κ3) is 7.14. The zero-order valence-corrected chi connectivity index (χ0v) is 37.5. The van der Waals surface area contributed by atoms with E-state index in [2.05, 4.69) is 235 Å². The second kappa shape index (κ2) is 16.9. The minimum absolute atomic E-state index is 0.624. The van der Waals surface area contributed by atoms with Crippen molar-refractivity contribution in [3.05, 3.63) is 255 Å². The molecule has 13 rings (SSSR count). The second-order valence-corrected chi connectivity index (χ2v) is 17.5. The van der Waals surface area contributed by atoms with Gasteiger partial charge in [0.25, 0.3) is 0 Å². The minimum Gasteiger partial charge on any atom is -0.309 e. The van der Waals surface area contributed by atoms with Crippen molar-refractivity contribution in [1.29, 1.82) is 0 Å². The molecule has 0 saturated carbocycles. The molecule has 0 spiro atoms. The molecule has 69 heavy (non-hydrogen) atoms. The van der Waals surface area contributed by atoms with Crippen LogP contribution in [0.25, 0.3) is 128 Å². The van der Waals surface area contributed by atoms with Crippen molar-refractivity contribution < 1.29 is 0 Å². The van der Waals surface area contributed by atoms with Crippen LogP contribution in [0.5, 0.6) is 0 Å². The van der Waals surface area contributed by atoms with E-state index in [1.807, 2.05) is 24.3 Å². The van der Waals surface area contributed by atoms with Gasteiger partial charge in [-0.1, -0.05) is 218 Å². The molecule has 13 aromatic rings. The highest BCUT2D eigenvalue weighted by Crippen LogP contribution is 2.43. The molecule has 0 unspecified atom stereocenters. The Morgan fingerprint density at radius 3 is 1.42 bits per heavy atom. The lowest BCUT2D eigenvalue weighted by atomic mass is 9.88. The van der Waals surface area contributed by atoms with Gasteiger partial charge in [0.05, 0.1) is 11.0 Å². The molecule has 2 heterocycles. The molecular formula is C65H42N4. The average molecular weight is 879 g/mol. The average Bonchev–Trinajstić information content (AvgIpc) is 3.78. The maximum Gasteiger partial charge on any atom is 0.164 e. The van der Waals surface area contributed by atoms with Gasteiger partial charge in [0.2, 0.25) is 0 Å². The van der Waals surface area contributed by atoms with E-state index in [4.69, 9.17) is 15.0 Å². The molecule has 0 aliphatic rings. The third-order valence-corrected chi connectivity index (χ3v) is 13.5. The predicted molar refractivity (Wildman–Crippen MR) is 287 cm³/mol. The Bertz CT molecular complexity index is 4030. The van der Waals surface area contributed by atoms with Crippen molar-refractivity contribution in [3.8, 4) is 84.4 Å². The molecule has 4 nitrogen and oxygen atoms in total. The molecule has 322 valence electrons. The first-order valence-electron chi connectivity index (χ1n) is 23.4. The zero-order chi connectivity index (χ0) is 45.7. The van der Waals surface area contributed by atoms with E-state index >= 15 is 0 Å². The van der Waals surface area contributed by atoms with Gasteiger partial charge in [-0.05, 0) is 102 Å². The van der Waals surface area contributed by atoms with Gasteiger partial charge in [0, 0.05) is 33.2 Å². The zero-order valence-electron chi connectivity index (χ0n) is 37.5. The lowest BCUT2D eigenvalue weighted by Crippen LogP contribution is -2.00. The van der Waals surface area contributed by atoms with Gasteiger partial charge in [-0.15, -0.1) is 0 Å². The number of fused-ring (bicyclic) bond motifs is 6. The monoisotopic (exact) mass is 878 g/mol. The Morgan fingerprint density at radius 2 is 0.696 bits per heavy atom. The molecule has 0 fully saturated rings. The normalized spacial score (nSPS) is 11.5. The summed E-state index contributed by atoms with van der Waals surface area (Å²) in [6.45, 7) is 0. The van der Waals surface area contributed by atoms with Gasteiger partial charge in [0.1, 0.15) is 0 Å². The van der Waals surface area contributed by atoms with E-state index in [-0.39, 0.29) is 0 Å². The summed E-state index contributed by atoms with van der Waals surface area (Å²) in [5.41, 5.74) is 15.7. The molecule has 2 aromatic heterocycles. The highest BCUT2D eigenvalue weighted by atomic mass is 15.0. The van der Waals surface area contributed by atoms with Crippen LogP contribution >= 0.6 is 0 Å². The van der Waals surface area contributed by atoms with Crippen LogP contribution in [0, 0.1) is 0 Å². The number of rotatable bonds is 8. The Hall–Kier alpha value is -9.25. The first-order chi connectivity index (χ1) is 34.2. The largest absolute Gasteiger partial charge is 0.309 e. The molecule has 0 atom stereocenters. The summed E-state index contributed by atoms with van der Waals surface area (Å²) in [7, 11) is 0. The summed E-state index contributed by atoms with van der Waals surface area (Å²) < 4.78 is 2.38. The lowest BCUT2D eigenvalue weighted by molar-refractivity contribution is 1.07. The molecule has 0 bridgehead atoms. The number of hydrogen-bond acceptors (Lipinski definition) is 3. The summed E-state index contributed by atoms with van der Waals surface area (Å²) in [5.74, 6) is 1.89. The Balaban J connectivity index is 0.914. The number of aromatic nitrogens is 4. The van der Waals surface area contributed by atoms with Crippen molar-refractivity contribution in [3.63, 3.8) is 0 Å². The van der Waals surface area contributed by atoms with Crippen LogP contribution in [0.3, 0.4) is 0 Å². The predicted octanol–water partition coefficient (Wildman–Crippen LogP) is 16.9. The number of benzene rings is 11. The van der Waals surface area contributed by atoms with E-state index in [1.54, 1.807) is 0 Å². The standard InChI is InChI=1S/C65H42N4/c1-4-17-43(18-5-1)44-33-39-48(40-34-44)64-66-63(47-19-6-2-7-20-47)67-65(68-64)51-23-14-22-49(41-51)55-28-15-30-56-58(42-50-21-10-11-26-54(50)61(55)56)46-37-35-45(36-38-46)53-29-16-32-60-62(53)57-27-12-13-31-59(57)69(60)52-24-8-3-9-25-52/h1-42H. The first kappa shape index (κ1) is 40.1. The van der Waals surface area contributed by atoms with E-state index in [0.717, 1.165) is 39.1 Å². The van der Waals surface area contributed by atoms with Crippen molar-refractivity contribution in [1.82, 2.24) is 19.5 Å². The topological polar surface area (TPSA) is 43.6 Å². The summed E-state index contributed by atoms with van der Waals surface area (Å²) >= 11 is 0. The van der Waals surface area contributed by atoms with Crippen LogP contribution in [0.1, 0.15) is 0 Å². The van der Waals surface area contributed by atoms with E-state index < -0.39 is 0 Å². The smallest absolute Gasteiger partial charge is 0.164 e. The van der Waals surface area contributed by atoms with Crippen LogP contribution in [-0.2, 0) is 0 Å². The summed E-state index contributed by atoms with van der Waals surface area (Å²) in [5, 5.41) is 7.32. The quantitative estimate of drug-likeness (QED) is 0.143. The van der Waals surface area contributed by atoms with Crippen molar-refractivity contribution >= 4 is 43.4 Å².